The third kappa shape index (κ3) is 2.63. The molecule has 1 spiro atoms. The molecule has 1 aromatic rings. The van der Waals surface area contributed by atoms with Crippen molar-refractivity contribution in [1.82, 2.24) is 0 Å². The maximum Gasteiger partial charge on any atom is 0.266 e. The van der Waals surface area contributed by atoms with Gasteiger partial charge in [0.15, 0.2) is 0 Å². The van der Waals surface area contributed by atoms with Gasteiger partial charge in [-0.15, -0.1) is 11.6 Å². The number of aliphatic imine (C=N–C) groups is 1. The predicted molar refractivity (Wildman–Crippen MR) is 95.0 cm³/mol. The summed E-state index contributed by atoms with van der Waals surface area (Å²) in [6.45, 7) is 8.75. The summed E-state index contributed by atoms with van der Waals surface area (Å²) in [5, 5.41) is 0.360. The summed E-state index contributed by atoms with van der Waals surface area (Å²) < 4.78 is -0.118. The highest BCUT2D eigenvalue weighted by molar-refractivity contribution is 8.16. The topological polar surface area (TPSA) is 29.4 Å². The Kier molecular flexibility index (Phi) is 3.93. The summed E-state index contributed by atoms with van der Waals surface area (Å²) >= 11 is 8.06. The van der Waals surface area contributed by atoms with Crippen LogP contribution in [0.2, 0.25) is 0 Å². The van der Waals surface area contributed by atoms with E-state index in [0.717, 1.165) is 23.4 Å². The molecule has 3 rings (SSSR count). The van der Waals surface area contributed by atoms with Crippen LogP contribution in [0.4, 0.5) is 0 Å². The van der Waals surface area contributed by atoms with Crippen LogP contribution in [-0.4, -0.2) is 21.1 Å². The van der Waals surface area contributed by atoms with Crippen LogP contribution < -0.4 is 0 Å². The lowest BCUT2D eigenvalue weighted by Gasteiger charge is -2.26. The van der Waals surface area contributed by atoms with Crippen molar-refractivity contribution in [1.29, 1.82) is 0 Å². The molecule has 1 aliphatic heterocycles. The fourth-order valence-corrected chi connectivity index (χ4v) is 5.13. The molecule has 0 radical (unpaired) electrons. The van der Waals surface area contributed by atoms with Crippen LogP contribution in [-0.2, 0) is 10.2 Å². The van der Waals surface area contributed by atoms with Crippen molar-refractivity contribution in [2.24, 2.45) is 10.9 Å². The van der Waals surface area contributed by atoms with Gasteiger partial charge in [0.2, 0.25) is 0 Å². The molecule has 0 N–H and O–H groups in total. The van der Waals surface area contributed by atoms with E-state index in [9.17, 15) is 4.79 Å². The highest BCUT2D eigenvalue weighted by Gasteiger charge is 2.62. The van der Waals surface area contributed by atoms with Gasteiger partial charge < -0.3 is 0 Å². The van der Waals surface area contributed by atoms with Gasteiger partial charge in [-0.3, -0.25) is 4.79 Å². The van der Waals surface area contributed by atoms with Crippen molar-refractivity contribution in [2.45, 2.75) is 56.1 Å². The van der Waals surface area contributed by atoms with Crippen LogP contribution >= 0.6 is 23.4 Å². The molecule has 0 bridgehead atoms. The minimum absolute atomic E-state index is 0.118. The number of hydrogen-bond acceptors (Lipinski definition) is 2. The monoisotopic (exact) mass is 335 g/mol. The second kappa shape index (κ2) is 5.38. The zero-order chi connectivity index (χ0) is 16.1. The van der Waals surface area contributed by atoms with Gasteiger partial charge in [0, 0.05) is 5.56 Å². The Morgan fingerprint density at radius 2 is 1.95 bits per heavy atom. The van der Waals surface area contributed by atoms with E-state index >= 15 is 0 Å². The summed E-state index contributed by atoms with van der Waals surface area (Å²) in [4.78, 5) is 16.4. The average Bonchev–Trinajstić information content (AvgIpc) is 3.18. The van der Waals surface area contributed by atoms with Crippen molar-refractivity contribution in [3.05, 3.63) is 35.4 Å². The van der Waals surface area contributed by atoms with E-state index in [0.29, 0.717) is 5.92 Å². The van der Waals surface area contributed by atoms with E-state index in [2.05, 4.69) is 57.0 Å². The molecule has 1 fully saturated rings. The second-order valence-corrected chi connectivity index (χ2v) is 9.10. The number of benzene rings is 1. The van der Waals surface area contributed by atoms with Crippen molar-refractivity contribution in [2.75, 3.05) is 0 Å². The Balaban J connectivity index is 1.89. The van der Waals surface area contributed by atoms with Gasteiger partial charge in [-0.1, -0.05) is 70.1 Å². The molecule has 3 atom stereocenters. The van der Waals surface area contributed by atoms with Crippen LogP contribution in [0.5, 0.6) is 0 Å². The molecule has 2 nitrogen and oxygen atoms in total. The molecule has 4 heteroatoms. The van der Waals surface area contributed by atoms with E-state index in [4.69, 9.17) is 11.6 Å². The van der Waals surface area contributed by atoms with Gasteiger partial charge in [-0.05, 0) is 23.3 Å². The zero-order valence-electron chi connectivity index (χ0n) is 13.5. The molecular formula is C18H22ClNOS. The number of alkyl halides is 1. The number of amides is 1. The lowest BCUT2D eigenvalue weighted by molar-refractivity contribution is -0.117. The Morgan fingerprint density at radius 1 is 1.32 bits per heavy atom. The van der Waals surface area contributed by atoms with Crippen molar-refractivity contribution in [3.8, 4) is 0 Å². The summed E-state index contributed by atoms with van der Waals surface area (Å²) in [6.07, 6.45) is 2.09. The molecule has 22 heavy (non-hydrogen) atoms. The highest BCUT2D eigenvalue weighted by atomic mass is 35.5. The Morgan fingerprint density at radius 3 is 2.45 bits per heavy atom. The van der Waals surface area contributed by atoms with Crippen molar-refractivity contribution in [3.63, 3.8) is 0 Å². The predicted octanol–water partition coefficient (Wildman–Crippen LogP) is 4.78. The Bertz CT molecular complexity index is 631. The van der Waals surface area contributed by atoms with Gasteiger partial charge in [0.05, 0.1) is 4.75 Å². The van der Waals surface area contributed by atoms with E-state index < -0.39 is 5.38 Å². The summed E-state index contributed by atoms with van der Waals surface area (Å²) in [6, 6.07) is 8.41. The van der Waals surface area contributed by atoms with Crippen LogP contribution in [0.3, 0.4) is 0 Å². The van der Waals surface area contributed by atoms with Gasteiger partial charge in [-0.25, -0.2) is 4.99 Å². The van der Waals surface area contributed by atoms with E-state index in [1.54, 1.807) is 11.8 Å². The average molecular weight is 336 g/mol. The first-order valence-electron chi connectivity index (χ1n) is 7.84. The minimum atomic E-state index is -0.472. The largest absolute Gasteiger partial charge is 0.271 e. The third-order valence-electron chi connectivity index (χ3n) is 4.73. The van der Waals surface area contributed by atoms with Crippen LogP contribution in [0.25, 0.3) is 0 Å². The molecule has 2 aliphatic rings. The van der Waals surface area contributed by atoms with Crippen LogP contribution in [0.1, 0.15) is 51.7 Å². The molecule has 0 saturated heterocycles. The summed E-state index contributed by atoms with van der Waals surface area (Å²) in [7, 11) is 0. The fourth-order valence-electron chi connectivity index (χ4n) is 3.11. The number of rotatable bonds is 2. The Hall–Kier alpha value is -0.800. The second-order valence-electron chi connectivity index (χ2n) is 7.31. The number of hydrogen-bond donors (Lipinski definition) is 0. The smallest absolute Gasteiger partial charge is 0.266 e. The first-order valence-corrected chi connectivity index (χ1v) is 9.10. The molecule has 0 aromatic heterocycles. The Labute approximate surface area is 141 Å². The standard InChI is InChI=1S/C18H22ClNOS/c1-5-12-10-18(12)14(19)15(21)20-16(22-18)11-6-8-13(9-7-11)17(2,3)4/h6-9,12,14H,5,10H2,1-4H3. The first-order chi connectivity index (χ1) is 10.3. The third-order valence-corrected chi connectivity index (χ3v) is 7.07. The molecule has 1 heterocycles. The number of carbonyl (C=O) groups is 1. The van der Waals surface area contributed by atoms with Crippen LogP contribution in [0.15, 0.2) is 29.3 Å². The molecule has 1 aromatic carbocycles. The van der Waals surface area contributed by atoms with E-state index in [1.807, 2.05) is 0 Å². The fraction of sp³-hybridized carbons (Fsp3) is 0.556. The van der Waals surface area contributed by atoms with Gasteiger partial charge in [0.25, 0.3) is 5.91 Å². The SMILES string of the molecule is CCC1CC12SC(c1ccc(C(C)(C)C)cc1)=NC(=O)C2Cl. The number of nitrogens with zero attached hydrogens (tertiary/aromatic N) is 1. The molecular weight excluding hydrogens is 314 g/mol. The van der Waals surface area contributed by atoms with E-state index in [1.165, 1.54) is 5.56 Å². The van der Waals surface area contributed by atoms with Crippen LogP contribution in [0, 0.1) is 5.92 Å². The van der Waals surface area contributed by atoms with Gasteiger partial charge in [0.1, 0.15) is 10.4 Å². The van der Waals surface area contributed by atoms with E-state index in [-0.39, 0.29) is 16.1 Å². The molecule has 1 aliphatic carbocycles. The molecule has 3 unspecified atom stereocenters. The molecule has 1 saturated carbocycles. The summed E-state index contributed by atoms with van der Waals surface area (Å²) in [5.74, 6) is 0.356. The molecule has 1 amide bonds. The maximum atomic E-state index is 12.2. The maximum absolute atomic E-state index is 12.2. The molecule has 118 valence electrons. The highest BCUT2D eigenvalue weighted by Crippen LogP contribution is 2.62. The van der Waals surface area contributed by atoms with Gasteiger partial charge in [-0.2, -0.15) is 0 Å². The zero-order valence-corrected chi connectivity index (χ0v) is 15.1. The minimum Gasteiger partial charge on any atom is -0.271 e. The number of carbonyl (C=O) groups excluding carboxylic acids is 1. The normalized spacial score (nSPS) is 31.3. The quantitative estimate of drug-likeness (QED) is 0.728. The first kappa shape index (κ1) is 16.1. The lowest BCUT2D eigenvalue weighted by Crippen LogP contribution is -2.35. The number of thioether (sulfide) groups is 1. The van der Waals surface area contributed by atoms with Gasteiger partial charge >= 0.3 is 0 Å². The number of halogens is 1. The van der Waals surface area contributed by atoms with Crippen molar-refractivity contribution < 1.29 is 4.79 Å². The van der Waals surface area contributed by atoms with Crippen molar-refractivity contribution >= 4 is 34.3 Å². The lowest BCUT2D eigenvalue weighted by atomic mass is 9.87. The summed E-state index contributed by atoms with van der Waals surface area (Å²) in [5.41, 5.74) is 2.44.